The van der Waals surface area contributed by atoms with Crippen LogP contribution in [-0.4, -0.2) is 29.0 Å². The Labute approximate surface area is 119 Å². The topological polar surface area (TPSA) is 83.4 Å². The maximum atomic E-state index is 6.25. The van der Waals surface area contributed by atoms with Crippen molar-refractivity contribution < 1.29 is 14.0 Å². The fraction of sp³-hybridized carbons (Fsp3) is 0.857. The van der Waals surface area contributed by atoms with Gasteiger partial charge in [0.05, 0.1) is 18.8 Å². The second kappa shape index (κ2) is 5.42. The van der Waals surface area contributed by atoms with E-state index in [2.05, 4.69) is 17.1 Å². The summed E-state index contributed by atoms with van der Waals surface area (Å²) in [7, 11) is 0. The Morgan fingerprint density at radius 1 is 1.35 bits per heavy atom. The van der Waals surface area contributed by atoms with Crippen LogP contribution in [0, 0.1) is 0 Å². The number of rotatable bonds is 5. The minimum atomic E-state index is -0.721. The van der Waals surface area contributed by atoms with Crippen molar-refractivity contribution in [1.29, 1.82) is 0 Å². The Morgan fingerprint density at radius 2 is 2.15 bits per heavy atom. The van der Waals surface area contributed by atoms with Gasteiger partial charge < -0.3 is 19.7 Å². The maximum absolute atomic E-state index is 6.25. The highest BCUT2D eigenvalue weighted by atomic mass is 16.5. The molecule has 2 N–H and O–H groups in total. The molecule has 0 amide bonds. The van der Waals surface area contributed by atoms with Gasteiger partial charge in [0.1, 0.15) is 11.6 Å². The molecule has 1 aromatic rings. The molecule has 3 rings (SSSR count). The van der Waals surface area contributed by atoms with Crippen LogP contribution in [0.4, 0.5) is 0 Å². The first-order valence-electron chi connectivity index (χ1n) is 7.44. The lowest BCUT2D eigenvalue weighted by Gasteiger charge is -2.29. The number of ether oxygens (including phenoxy) is 2. The Morgan fingerprint density at radius 3 is 2.75 bits per heavy atom. The molecule has 0 spiro atoms. The molecule has 2 fully saturated rings. The third-order valence-electron chi connectivity index (χ3n) is 4.13. The third kappa shape index (κ3) is 2.87. The SMILES string of the molecule is CC1CCC(c2nc(C(C)(N)COC3CCC3)no2)O1. The average Bonchev–Trinajstić information content (AvgIpc) is 2.94. The molecule has 6 nitrogen and oxygen atoms in total. The Hall–Kier alpha value is -0.980. The highest BCUT2D eigenvalue weighted by Crippen LogP contribution is 2.32. The van der Waals surface area contributed by atoms with Gasteiger partial charge in [-0.15, -0.1) is 0 Å². The predicted molar refractivity (Wildman–Crippen MR) is 72.0 cm³/mol. The highest BCUT2D eigenvalue weighted by Gasteiger charge is 2.33. The molecule has 3 unspecified atom stereocenters. The molecule has 6 heteroatoms. The second-order valence-corrected chi connectivity index (χ2v) is 6.25. The van der Waals surface area contributed by atoms with E-state index in [4.69, 9.17) is 19.7 Å². The van der Waals surface area contributed by atoms with Gasteiger partial charge >= 0.3 is 0 Å². The van der Waals surface area contributed by atoms with E-state index in [1.165, 1.54) is 6.42 Å². The lowest BCUT2D eigenvalue weighted by Crippen LogP contribution is -2.41. The minimum Gasteiger partial charge on any atom is -0.376 e. The molecule has 1 aromatic heterocycles. The van der Waals surface area contributed by atoms with E-state index in [1.54, 1.807) is 0 Å². The van der Waals surface area contributed by atoms with Crippen LogP contribution in [0.3, 0.4) is 0 Å². The van der Waals surface area contributed by atoms with E-state index < -0.39 is 5.54 Å². The fourth-order valence-corrected chi connectivity index (χ4v) is 2.48. The summed E-state index contributed by atoms with van der Waals surface area (Å²) in [6.45, 7) is 4.34. The Balaban J connectivity index is 1.62. The predicted octanol–water partition coefficient (Wildman–Crippen LogP) is 2.05. The zero-order chi connectivity index (χ0) is 14.2. The van der Waals surface area contributed by atoms with Crippen molar-refractivity contribution in [2.75, 3.05) is 6.61 Å². The summed E-state index contributed by atoms with van der Waals surface area (Å²) in [4.78, 5) is 4.41. The van der Waals surface area contributed by atoms with Crippen LogP contribution in [0.1, 0.15) is 63.8 Å². The van der Waals surface area contributed by atoms with E-state index in [0.717, 1.165) is 25.7 Å². The summed E-state index contributed by atoms with van der Waals surface area (Å²) in [5.41, 5.74) is 5.53. The van der Waals surface area contributed by atoms with Crippen LogP contribution in [0.5, 0.6) is 0 Å². The summed E-state index contributed by atoms with van der Waals surface area (Å²) < 4.78 is 16.8. The van der Waals surface area contributed by atoms with Crippen molar-refractivity contribution in [2.24, 2.45) is 5.73 Å². The van der Waals surface area contributed by atoms with E-state index in [-0.39, 0.29) is 12.2 Å². The molecule has 2 aliphatic rings. The molecule has 3 atom stereocenters. The lowest BCUT2D eigenvalue weighted by atomic mass is 9.95. The van der Waals surface area contributed by atoms with Crippen LogP contribution in [0.15, 0.2) is 4.52 Å². The number of hydrogen-bond donors (Lipinski definition) is 1. The summed E-state index contributed by atoms with van der Waals surface area (Å²) in [6, 6.07) is 0. The molecule has 0 aromatic carbocycles. The summed E-state index contributed by atoms with van der Waals surface area (Å²) >= 11 is 0. The van der Waals surface area contributed by atoms with Crippen LogP contribution >= 0.6 is 0 Å². The summed E-state index contributed by atoms with van der Waals surface area (Å²) in [5, 5.41) is 4.01. The normalized spacial score (nSPS) is 30.1. The smallest absolute Gasteiger partial charge is 0.255 e. The maximum Gasteiger partial charge on any atom is 0.255 e. The zero-order valence-corrected chi connectivity index (χ0v) is 12.2. The molecule has 20 heavy (non-hydrogen) atoms. The van der Waals surface area contributed by atoms with Gasteiger partial charge in [0.25, 0.3) is 5.89 Å². The molecule has 1 saturated heterocycles. The quantitative estimate of drug-likeness (QED) is 0.889. The third-order valence-corrected chi connectivity index (χ3v) is 4.13. The van der Waals surface area contributed by atoms with Crippen LogP contribution in [0.25, 0.3) is 0 Å². The average molecular weight is 281 g/mol. The largest absolute Gasteiger partial charge is 0.376 e. The van der Waals surface area contributed by atoms with E-state index >= 15 is 0 Å². The highest BCUT2D eigenvalue weighted by molar-refractivity contribution is 5.03. The molecular formula is C14H23N3O3. The standard InChI is InChI=1S/C14H23N3O3/c1-9-6-7-11(19-9)12-16-13(17-20-12)14(2,15)8-18-10-4-3-5-10/h9-11H,3-8,15H2,1-2H3. The van der Waals surface area contributed by atoms with Crippen LogP contribution in [0.2, 0.25) is 0 Å². The molecule has 1 saturated carbocycles. The minimum absolute atomic E-state index is 0.0883. The molecule has 1 aliphatic heterocycles. The van der Waals surface area contributed by atoms with Crippen molar-refractivity contribution >= 4 is 0 Å². The van der Waals surface area contributed by atoms with Gasteiger partial charge in [0.15, 0.2) is 5.82 Å². The summed E-state index contributed by atoms with van der Waals surface area (Å²) in [6.07, 6.45) is 5.95. The van der Waals surface area contributed by atoms with Gasteiger partial charge in [-0.05, 0) is 46.0 Å². The number of nitrogens with two attached hydrogens (primary N) is 1. The first-order chi connectivity index (χ1) is 9.54. The molecule has 112 valence electrons. The number of hydrogen-bond acceptors (Lipinski definition) is 6. The fourth-order valence-electron chi connectivity index (χ4n) is 2.48. The monoisotopic (exact) mass is 281 g/mol. The van der Waals surface area contributed by atoms with Crippen molar-refractivity contribution in [2.45, 2.75) is 69.8 Å². The van der Waals surface area contributed by atoms with Crippen LogP contribution < -0.4 is 5.73 Å². The van der Waals surface area contributed by atoms with E-state index in [9.17, 15) is 0 Å². The number of aromatic nitrogens is 2. The van der Waals surface area contributed by atoms with Crippen molar-refractivity contribution in [1.82, 2.24) is 10.1 Å². The second-order valence-electron chi connectivity index (χ2n) is 6.25. The van der Waals surface area contributed by atoms with E-state index in [0.29, 0.717) is 24.4 Å². The van der Waals surface area contributed by atoms with E-state index in [1.807, 2.05) is 6.92 Å². The van der Waals surface area contributed by atoms with Crippen molar-refractivity contribution in [3.8, 4) is 0 Å². The molecule has 0 radical (unpaired) electrons. The molecular weight excluding hydrogens is 258 g/mol. The van der Waals surface area contributed by atoms with Gasteiger partial charge in [-0.25, -0.2) is 0 Å². The Kier molecular flexibility index (Phi) is 3.79. The Bertz CT molecular complexity index is 456. The molecule has 1 aliphatic carbocycles. The van der Waals surface area contributed by atoms with Gasteiger partial charge in [-0.1, -0.05) is 5.16 Å². The molecule has 0 bridgehead atoms. The van der Waals surface area contributed by atoms with Crippen molar-refractivity contribution in [3.63, 3.8) is 0 Å². The first kappa shape index (κ1) is 14.0. The zero-order valence-electron chi connectivity index (χ0n) is 12.2. The summed E-state index contributed by atoms with van der Waals surface area (Å²) in [5.74, 6) is 1.03. The first-order valence-corrected chi connectivity index (χ1v) is 7.44. The lowest BCUT2D eigenvalue weighted by molar-refractivity contribution is -0.0222. The molecule has 2 heterocycles. The van der Waals surface area contributed by atoms with Crippen LogP contribution in [-0.2, 0) is 15.0 Å². The van der Waals surface area contributed by atoms with Gasteiger partial charge in [-0.3, -0.25) is 0 Å². The van der Waals surface area contributed by atoms with Crippen molar-refractivity contribution in [3.05, 3.63) is 11.7 Å². The number of nitrogens with zero attached hydrogens (tertiary/aromatic N) is 2. The van der Waals surface area contributed by atoms with Gasteiger partial charge in [0, 0.05) is 0 Å². The van der Waals surface area contributed by atoms with Gasteiger partial charge in [-0.2, -0.15) is 4.98 Å². The van der Waals surface area contributed by atoms with Gasteiger partial charge in [0.2, 0.25) is 0 Å².